The number of methoxy groups -OCH3 is 1. The number of benzene rings is 2. The molecule has 4 heteroatoms. The first-order valence-corrected chi connectivity index (χ1v) is 6.49. The second-order valence-electron chi connectivity index (χ2n) is 4.48. The highest BCUT2D eigenvalue weighted by atomic mass is 16.5. The summed E-state index contributed by atoms with van der Waals surface area (Å²) in [6.45, 7) is 0. The molecule has 21 heavy (non-hydrogen) atoms. The quantitative estimate of drug-likeness (QED) is 0.684. The van der Waals surface area contributed by atoms with Crippen LogP contribution in [0.4, 0.5) is 0 Å². The van der Waals surface area contributed by atoms with Crippen LogP contribution in [0.3, 0.4) is 0 Å². The molecule has 4 nitrogen and oxygen atoms in total. The minimum absolute atomic E-state index is 0.400. The number of aromatic nitrogens is 1. The summed E-state index contributed by atoms with van der Waals surface area (Å²) in [5.74, 6) is 0.137. The molecule has 0 fully saturated rings. The third-order valence-corrected chi connectivity index (χ3v) is 3.18. The Kier molecular flexibility index (Phi) is 3.51. The Morgan fingerprint density at radius 1 is 1.05 bits per heavy atom. The Morgan fingerprint density at radius 2 is 1.76 bits per heavy atom. The minimum atomic E-state index is -0.400. The van der Waals surface area contributed by atoms with Crippen LogP contribution in [-0.2, 0) is 4.74 Å². The van der Waals surface area contributed by atoms with Gasteiger partial charge in [-0.05, 0) is 6.07 Å². The zero-order valence-corrected chi connectivity index (χ0v) is 11.4. The molecule has 0 bridgehead atoms. The summed E-state index contributed by atoms with van der Waals surface area (Å²) >= 11 is 0. The van der Waals surface area contributed by atoms with Crippen molar-refractivity contribution in [3.05, 3.63) is 66.2 Å². The summed E-state index contributed by atoms with van der Waals surface area (Å²) in [7, 11) is 1.36. The lowest BCUT2D eigenvalue weighted by molar-refractivity contribution is 0.0601. The fourth-order valence-corrected chi connectivity index (χ4v) is 2.13. The number of nitrogens with zero attached hydrogens (tertiary/aromatic N) is 1. The van der Waals surface area contributed by atoms with Crippen LogP contribution in [0.1, 0.15) is 10.4 Å². The Morgan fingerprint density at radius 3 is 2.52 bits per heavy atom. The van der Waals surface area contributed by atoms with Gasteiger partial charge in [0.25, 0.3) is 0 Å². The van der Waals surface area contributed by atoms with Crippen LogP contribution in [0.15, 0.2) is 65.2 Å². The van der Waals surface area contributed by atoms with Gasteiger partial charge in [0.2, 0.25) is 0 Å². The molecule has 3 aromatic rings. The summed E-state index contributed by atoms with van der Waals surface area (Å²) in [5, 5.41) is 4.06. The molecule has 0 aliphatic carbocycles. The molecule has 104 valence electrons. The minimum Gasteiger partial charge on any atom is -0.465 e. The monoisotopic (exact) mass is 279 g/mol. The standard InChI is InChI=1S/C17H13NO3/c1-20-17(19)14-10-6-5-9-13(14)16-11-15(18-21-16)12-7-3-2-4-8-12/h2-11H,1H3. The third-order valence-electron chi connectivity index (χ3n) is 3.18. The van der Waals surface area contributed by atoms with Gasteiger partial charge in [0.1, 0.15) is 5.69 Å². The van der Waals surface area contributed by atoms with Gasteiger partial charge in [-0.1, -0.05) is 53.7 Å². The molecule has 0 atom stereocenters. The molecule has 0 amide bonds. The van der Waals surface area contributed by atoms with Gasteiger partial charge in [-0.25, -0.2) is 4.79 Å². The average Bonchev–Trinajstić information content (AvgIpc) is 3.05. The first-order chi connectivity index (χ1) is 10.3. The van der Waals surface area contributed by atoms with Gasteiger partial charge in [0.15, 0.2) is 5.76 Å². The predicted octanol–water partition coefficient (Wildman–Crippen LogP) is 3.80. The van der Waals surface area contributed by atoms with E-state index >= 15 is 0 Å². The zero-order valence-electron chi connectivity index (χ0n) is 11.4. The molecule has 0 saturated heterocycles. The van der Waals surface area contributed by atoms with Crippen LogP contribution in [0.5, 0.6) is 0 Å². The number of carbonyl (C=O) groups is 1. The molecule has 0 saturated carbocycles. The molecule has 0 spiro atoms. The van der Waals surface area contributed by atoms with E-state index in [4.69, 9.17) is 9.26 Å². The fraction of sp³-hybridized carbons (Fsp3) is 0.0588. The maximum absolute atomic E-state index is 11.8. The van der Waals surface area contributed by atoms with Crippen molar-refractivity contribution in [3.8, 4) is 22.6 Å². The van der Waals surface area contributed by atoms with E-state index in [0.29, 0.717) is 16.9 Å². The molecule has 1 heterocycles. The lowest BCUT2D eigenvalue weighted by Gasteiger charge is -2.03. The maximum atomic E-state index is 11.8. The second-order valence-corrected chi connectivity index (χ2v) is 4.48. The highest BCUT2D eigenvalue weighted by Crippen LogP contribution is 2.28. The topological polar surface area (TPSA) is 52.3 Å². The highest BCUT2D eigenvalue weighted by Gasteiger charge is 2.16. The van der Waals surface area contributed by atoms with Gasteiger partial charge in [0.05, 0.1) is 12.7 Å². The lowest BCUT2D eigenvalue weighted by atomic mass is 10.0. The molecule has 0 N–H and O–H groups in total. The van der Waals surface area contributed by atoms with Crippen molar-refractivity contribution in [2.24, 2.45) is 0 Å². The van der Waals surface area contributed by atoms with E-state index in [1.807, 2.05) is 48.5 Å². The van der Waals surface area contributed by atoms with Crippen LogP contribution in [-0.4, -0.2) is 18.2 Å². The Bertz CT molecular complexity index is 762. The van der Waals surface area contributed by atoms with E-state index in [-0.39, 0.29) is 0 Å². The van der Waals surface area contributed by atoms with Crippen molar-refractivity contribution >= 4 is 5.97 Å². The van der Waals surface area contributed by atoms with E-state index in [9.17, 15) is 4.79 Å². The molecule has 1 aromatic heterocycles. The van der Waals surface area contributed by atoms with Gasteiger partial charge in [-0.3, -0.25) is 0 Å². The molecule has 2 aromatic carbocycles. The number of carbonyl (C=O) groups excluding carboxylic acids is 1. The van der Waals surface area contributed by atoms with Crippen molar-refractivity contribution in [1.82, 2.24) is 5.16 Å². The molecule has 0 radical (unpaired) electrons. The summed E-state index contributed by atoms with van der Waals surface area (Å²) < 4.78 is 10.2. The molecule has 0 aliphatic rings. The zero-order chi connectivity index (χ0) is 14.7. The Balaban J connectivity index is 2.03. The summed E-state index contributed by atoms with van der Waals surface area (Å²) in [6, 6.07) is 18.7. The van der Waals surface area contributed by atoms with Crippen molar-refractivity contribution in [2.45, 2.75) is 0 Å². The van der Waals surface area contributed by atoms with Gasteiger partial charge in [-0.2, -0.15) is 0 Å². The highest BCUT2D eigenvalue weighted by molar-refractivity contribution is 5.96. The fourth-order valence-electron chi connectivity index (χ4n) is 2.13. The number of rotatable bonds is 3. The van der Waals surface area contributed by atoms with Crippen LogP contribution in [0.25, 0.3) is 22.6 Å². The van der Waals surface area contributed by atoms with Crippen LogP contribution in [0.2, 0.25) is 0 Å². The summed E-state index contributed by atoms with van der Waals surface area (Å²) in [6.07, 6.45) is 0. The van der Waals surface area contributed by atoms with Crippen molar-refractivity contribution in [3.63, 3.8) is 0 Å². The van der Waals surface area contributed by atoms with Gasteiger partial charge in [-0.15, -0.1) is 0 Å². The van der Waals surface area contributed by atoms with E-state index in [0.717, 1.165) is 11.3 Å². The van der Waals surface area contributed by atoms with Gasteiger partial charge < -0.3 is 9.26 Å². The largest absolute Gasteiger partial charge is 0.465 e. The van der Waals surface area contributed by atoms with Crippen molar-refractivity contribution < 1.29 is 14.1 Å². The molecule has 0 aliphatic heterocycles. The van der Waals surface area contributed by atoms with Crippen LogP contribution >= 0.6 is 0 Å². The second kappa shape index (κ2) is 5.63. The van der Waals surface area contributed by atoms with Crippen molar-refractivity contribution in [1.29, 1.82) is 0 Å². The average molecular weight is 279 g/mol. The smallest absolute Gasteiger partial charge is 0.338 e. The molecule has 0 unspecified atom stereocenters. The van der Waals surface area contributed by atoms with E-state index in [1.165, 1.54) is 7.11 Å². The first kappa shape index (κ1) is 13.1. The SMILES string of the molecule is COC(=O)c1ccccc1-c1cc(-c2ccccc2)no1. The first-order valence-electron chi connectivity index (χ1n) is 6.49. The normalized spacial score (nSPS) is 10.3. The summed E-state index contributed by atoms with van der Waals surface area (Å²) in [4.78, 5) is 11.8. The number of hydrogen-bond acceptors (Lipinski definition) is 4. The number of esters is 1. The Hall–Kier alpha value is -2.88. The van der Waals surface area contributed by atoms with E-state index in [1.54, 1.807) is 12.1 Å². The predicted molar refractivity (Wildman–Crippen MR) is 78.7 cm³/mol. The van der Waals surface area contributed by atoms with Crippen LogP contribution < -0.4 is 0 Å². The van der Waals surface area contributed by atoms with Gasteiger partial charge in [0, 0.05) is 17.2 Å². The van der Waals surface area contributed by atoms with E-state index < -0.39 is 5.97 Å². The molecular formula is C17H13NO3. The Labute approximate surface area is 122 Å². The van der Waals surface area contributed by atoms with Crippen molar-refractivity contribution in [2.75, 3.05) is 7.11 Å². The van der Waals surface area contributed by atoms with E-state index in [2.05, 4.69) is 5.16 Å². The number of ether oxygens (including phenoxy) is 1. The van der Waals surface area contributed by atoms with Crippen LogP contribution in [0, 0.1) is 0 Å². The summed E-state index contributed by atoms with van der Waals surface area (Å²) in [5.41, 5.74) is 2.81. The molecule has 3 rings (SSSR count). The third kappa shape index (κ3) is 2.56. The number of hydrogen-bond donors (Lipinski definition) is 0. The lowest BCUT2D eigenvalue weighted by Crippen LogP contribution is -2.02. The van der Waals surface area contributed by atoms with Gasteiger partial charge >= 0.3 is 5.97 Å². The molecular weight excluding hydrogens is 266 g/mol. The maximum Gasteiger partial charge on any atom is 0.338 e.